The Labute approximate surface area is 133 Å². The summed E-state index contributed by atoms with van der Waals surface area (Å²) in [6, 6.07) is 4.20. The average Bonchev–Trinajstić information content (AvgIpc) is 2.81. The van der Waals surface area contributed by atoms with Gasteiger partial charge in [0.2, 0.25) is 5.91 Å². The highest BCUT2D eigenvalue weighted by atomic mass is 32.3. The maximum absolute atomic E-state index is 11.6. The van der Waals surface area contributed by atoms with Crippen LogP contribution in [0.25, 0.3) is 10.9 Å². The first-order valence-electron chi connectivity index (χ1n) is 6.86. The number of rotatable bonds is 2. The van der Waals surface area contributed by atoms with Gasteiger partial charge in [-0.3, -0.25) is 13.9 Å². The van der Waals surface area contributed by atoms with Crippen LogP contribution in [0.3, 0.4) is 0 Å². The summed E-state index contributed by atoms with van der Waals surface area (Å²) in [6.45, 7) is 0. The predicted octanol–water partition coefficient (Wildman–Crippen LogP) is 0.643. The molecule has 9 heteroatoms. The minimum atomic E-state index is -4.67. The second-order valence-electron chi connectivity index (χ2n) is 5.67. The van der Waals surface area contributed by atoms with E-state index in [4.69, 9.17) is 23.3 Å². The Morgan fingerprint density at radius 2 is 1.91 bits per heavy atom. The number of benzene rings is 1. The van der Waals surface area contributed by atoms with Crippen LogP contribution in [0.2, 0.25) is 0 Å². The summed E-state index contributed by atoms with van der Waals surface area (Å²) in [5.74, 6) is -0.335. The van der Waals surface area contributed by atoms with Crippen molar-refractivity contribution in [2.75, 3.05) is 14.1 Å². The number of H-pyrrole nitrogens is 1. The van der Waals surface area contributed by atoms with E-state index in [1.54, 1.807) is 0 Å². The number of aromatic amines is 1. The van der Waals surface area contributed by atoms with Gasteiger partial charge in [-0.25, -0.2) is 0 Å². The molecule has 2 aromatic rings. The van der Waals surface area contributed by atoms with Gasteiger partial charge in [0, 0.05) is 28.7 Å². The summed E-state index contributed by atoms with van der Waals surface area (Å²) in [6.07, 6.45) is 3.95. The summed E-state index contributed by atoms with van der Waals surface area (Å²) in [5.41, 5.74) is 9.63. The highest BCUT2D eigenvalue weighted by Crippen LogP contribution is 2.33. The van der Waals surface area contributed by atoms with E-state index in [9.17, 15) is 4.79 Å². The first kappa shape index (κ1) is 17.4. The quantitative estimate of drug-likeness (QED) is 0.592. The molecule has 0 radical (unpaired) electrons. The van der Waals surface area contributed by atoms with Gasteiger partial charge in [0.25, 0.3) is 0 Å². The van der Waals surface area contributed by atoms with Crippen molar-refractivity contribution < 1.29 is 22.3 Å². The maximum atomic E-state index is 11.6. The molecule has 0 spiro atoms. The Morgan fingerprint density at radius 1 is 1.30 bits per heavy atom. The van der Waals surface area contributed by atoms with Crippen molar-refractivity contribution in [3.05, 3.63) is 35.0 Å². The standard InChI is InChI=1S/C14H17N3O.H2O4S/c1-17(2)9-5-8-7-16-12-4-3-10(14(15)18)11(6-9)13(8)12;1-5(2,3)4/h3-4,7,9,16H,5-6H2,1-2H3,(H2,15,18);(H2,1,2,3,4). The average molecular weight is 341 g/mol. The van der Waals surface area contributed by atoms with E-state index in [0.29, 0.717) is 11.6 Å². The molecule has 126 valence electrons. The molecule has 0 fully saturated rings. The van der Waals surface area contributed by atoms with Crippen LogP contribution in [0.1, 0.15) is 21.5 Å². The lowest BCUT2D eigenvalue weighted by Gasteiger charge is -2.29. The van der Waals surface area contributed by atoms with Gasteiger partial charge in [-0.1, -0.05) is 0 Å². The molecule has 1 aromatic heterocycles. The number of primary amides is 1. The number of carbonyl (C=O) groups is 1. The zero-order valence-electron chi connectivity index (χ0n) is 12.8. The number of hydrogen-bond donors (Lipinski definition) is 4. The number of nitrogens with zero attached hydrogens (tertiary/aromatic N) is 1. The van der Waals surface area contributed by atoms with E-state index in [0.717, 1.165) is 23.9 Å². The lowest BCUT2D eigenvalue weighted by molar-refractivity contribution is 0.0999. The molecular weight excluding hydrogens is 322 g/mol. The van der Waals surface area contributed by atoms with Gasteiger partial charge < -0.3 is 15.6 Å². The molecular formula is C14H19N3O5S. The largest absolute Gasteiger partial charge is 0.394 e. The van der Waals surface area contributed by atoms with E-state index in [1.807, 2.05) is 12.1 Å². The SMILES string of the molecule is CN(C)C1Cc2c[nH]c3ccc(C(N)=O)c(c23)C1.O=S(=O)(O)O. The molecule has 23 heavy (non-hydrogen) atoms. The molecule has 1 aromatic carbocycles. The Bertz CT molecular complexity index is 833. The van der Waals surface area contributed by atoms with E-state index < -0.39 is 10.4 Å². The molecule has 1 unspecified atom stereocenters. The Balaban J connectivity index is 0.000000338. The van der Waals surface area contributed by atoms with Crippen LogP contribution < -0.4 is 5.73 Å². The summed E-state index contributed by atoms with van der Waals surface area (Å²) < 4.78 is 31.6. The first-order valence-corrected chi connectivity index (χ1v) is 8.25. The van der Waals surface area contributed by atoms with Crippen LogP contribution in [0.15, 0.2) is 18.3 Å². The molecule has 1 aliphatic rings. The summed E-state index contributed by atoms with van der Waals surface area (Å²) in [4.78, 5) is 17.0. The summed E-state index contributed by atoms with van der Waals surface area (Å²) in [5, 5.41) is 1.20. The Morgan fingerprint density at radius 3 is 2.43 bits per heavy atom. The fraction of sp³-hybridized carbons (Fsp3) is 0.357. The lowest BCUT2D eigenvalue weighted by atomic mass is 9.86. The monoisotopic (exact) mass is 341 g/mol. The Hall–Kier alpha value is -1.94. The van der Waals surface area contributed by atoms with Gasteiger partial charge in [0.15, 0.2) is 0 Å². The van der Waals surface area contributed by atoms with E-state index in [2.05, 4.69) is 30.2 Å². The molecule has 3 rings (SSSR count). The number of likely N-dealkylation sites (N-methyl/N-ethyl adjacent to an activating group) is 1. The van der Waals surface area contributed by atoms with Crippen molar-refractivity contribution in [2.45, 2.75) is 18.9 Å². The third-order valence-electron chi connectivity index (χ3n) is 3.93. The number of amides is 1. The van der Waals surface area contributed by atoms with E-state index >= 15 is 0 Å². The van der Waals surface area contributed by atoms with Gasteiger partial charge in [-0.05, 0) is 50.2 Å². The van der Waals surface area contributed by atoms with Gasteiger partial charge in [-0.15, -0.1) is 0 Å². The zero-order chi connectivity index (χ0) is 17.4. The number of hydrogen-bond acceptors (Lipinski definition) is 4. The van der Waals surface area contributed by atoms with Crippen molar-refractivity contribution in [2.24, 2.45) is 5.73 Å². The van der Waals surface area contributed by atoms with Gasteiger partial charge in [-0.2, -0.15) is 8.42 Å². The molecule has 0 saturated heterocycles. The van der Waals surface area contributed by atoms with Crippen LogP contribution in [0, 0.1) is 0 Å². The van der Waals surface area contributed by atoms with E-state index in [-0.39, 0.29) is 5.91 Å². The van der Waals surface area contributed by atoms with Gasteiger partial charge in [0.1, 0.15) is 0 Å². The predicted molar refractivity (Wildman–Crippen MR) is 85.9 cm³/mol. The molecule has 0 aliphatic heterocycles. The Kier molecular flexibility index (Phi) is 4.76. The molecule has 0 bridgehead atoms. The van der Waals surface area contributed by atoms with Crippen LogP contribution in [0.5, 0.6) is 0 Å². The number of nitrogens with one attached hydrogen (secondary N) is 1. The molecule has 8 nitrogen and oxygen atoms in total. The number of carbonyl (C=O) groups excluding carboxylic acids is 1. The number of nitrogens with two attached hydrogens (primary N) is 1. The minimum Gasteiger partial charge on any atom is -0.366 e. The normalized spacial score (nSPS) is 17.0. The van der Waals surface area contributed by atoms with Crippen molar-refractivity contribution in [3.8, 4) is 0 Å². The third-order valence-corrected chi connectivity index (χ3v) is 3.93. The zero-order valence-corrected chi connectivity index (χ0v) is 13.6. The highest BCUT2D eigenvalue weighted by Gasteiger charge is 2.26. The van der Waals surface area contributed by atoms with Crippen molar-refractivity contribution in [3.63, 3.8) is 0 Å². The molecule has 1 amide bonds. The fourth-order valence-electron chi connectivity index (χ4n) is 2.90. The fourth-order valence-corrected chi connectivity index (χ4v) is 2.90. The lowest BCUT2D eigenvalue weighted by Crippen LogP contribution is -2.35. The molecule has 1 heterocycles. The van der Waals surface area contributed by atoms with Crippen LogP contribution >= 0.6 is 0 Å². The van der Waals surface area contributed by atoms with Crippen molar-refractivity contribution >= 4 is 27.2 Å². The van der Waals surface area contributed by atoms with Crippen LogP contribution in [-0.4, -0.2) is 53.5 Å². The smallest absolute Gasteiger partial charge is 0.366 e. The molecule has 0 saturated carbocycles. The van der Waals surface area contributed by atoms with Gasteiger partial charge >= 0.3 is 10.4 Å². The molecule has 1 atom stereocenters. The molecule has 1 aliphatic carbocycles. The van der Waals surface area contributed by atoms with Crippen molar-refractivity contribution in [1.82, 2.24) is 9.88 Å². The minimum absolute atomic E-state index is 0.335. The number of aromatic nitrogens is 1. The molecule has 5 N–H and O–H groups in total. The van der Waals surface area contributed by atoms with Gasteiger partial charge in [0.05, 0.1) is 0 Å². The highest BCUT2D eigenvalue weighted by molar-refractivity contribution is 7.79. The second-order valence-corrected chi connectivity index (χ2v) is 6.56. The topological polar surface area (TPSA) is 137 Å². The van der Waals surface area contributed by atoms with E-state index in [1.165, 1.54) is 10.9 Å². The van der Waals surface area contributed by atoms with Crippen LogP contribution in [0.4, 0.5) is 0 Å². The first-order chi connectivity index (χ1) is 10.6. The second kappa shape index (κ2) is 6.28. The summed E-state index contributed by atoms with van der Waals surface area (Å²) in [7, 11) is -0.515. The summed E-state index contributed by atoms with van der Waals surface area (Å²) >= 11 is 0. The maximum Gasteiger partial charge on any atom is 0.394 e. The van der Waals surface area contributed by atoms with Crippen LogP contribution in [-0.2, 0) is 23.2 Å². The third kappa shape index (κ3) is 4.08. The van der Waals surface area contributed by atoms with Crippen molar-refractivity contribution in [1.29, 1.82) is 0 Å².